The number of cyclic esters (lactones) is 2. The molecule has 0 saturated carbocycles. The van der Waals surface area contributed by atoms with Gasteiger partial charge < -0.3 is 19.5 Å². The smallest absolute Gasteiger partial charge is 0.407 e. The number of amides is 1. The predicted octanol–water partition coefficient (Wildman–Crippen LogP) is 3.10. The number of halogens is 1. The van der Waals surface area contributed by atoms with E-state index in [9.17, 15) is 18.8 Å². The molecular weight excluding hydrogens is 369 g/mol. The van der Waals surface area contributed by atoms with Crippen molar-refractivity contribution >= 4 is 18.0 Å². The Kier molecular flexibility index (Phi) is 6.31. The van der Waals surface area contributed by atoms with E-state index in [0.29, 0.717) is 0 Å². The van der Waals surface area contributed by atoms with Gasteiger partial charge in [-0.2, -0.15) is 0 Å². The molecule has 7 nitrogen and oxygen atoms in total. The van der Waals surface area contributed by atoms with Crippen LogP contribution in [0.2, 0.25) is 0 Å². The van der Waals surface area contributed by atoms with E-state index in [-0.39, 0.29) is 18.7 Å². The molecule has 1 unspecified atom stereocenters. The minimum absolute atomic E-state index is 0.0373. The zero-order valence-electron chi connectivity index (χ0n) is 16.7. The minimum Gasteiger partial charge on any atom is -0.444 e. The van der Waals surface area contributed by atoms with Gasteiger partial charge in [0, 0.05) is 19.9 Å². The summed E-state index contributed by atoms with van der Waals surface area (Å²) in [7, 11) is 0. The number of carbonyl (C=O) groups is 3. The molecule has 2 rings (SSSR count). The number of benzene rings is 1. The molecule has 1 aromatic rings. The average molecular weight is 395 g/mol. The van der Waals surface area contributed by atoms with Crippen LogP contribution in [0.15, 0.2) is 24.3 Å². The molecule has 1 amide bonds. The number of ether oxygens (including phenoxy) is 3. The van der Waals surface area contributed by atoms with Crippen molar-refractivity contribution < 1.29 is 33.0 Å². The van der Waals surface area contributed by atoms with Gasteiger partial charge in [0.2, 0.25) is 0 Å². The van der Waals surface area contributed by atoms with E-state index in [0.717, 1.165) is 5.56 Å². The molecule has 1 aromatic carbocycles. The van der Waals surface area contributed by atoms with Crippen molar-refractivity contribution in [3.8, 4) is 0 Å². The van der Waals surface area contributed by atoms with Crippen LogP contribution in [0.5, 0.6) is 0 Å². The van der Waals surface area contributed by atoms with Crippen LogP contribution in [0.1, 0.15) is 46.6 Å². The van der Waals surface area contributed by atoms with E-state index >= 15 is 0 Å². The van der Waals surface area contributed by atoms with Crippen LogP contribution < -0.4 is 5.32 Å². The molecule has 1 aliphatic heterocycles. The van der Waals surface area contributed by atoms with Gasteiger partial charge in [-0.3, -0.25) is 9.59 Å². The number of esters is 2. The van der Waals surface area contributed by atoms with Gasteiger partial charge in [-0.1, -0.05) is 12.1 Å². The van der Waals surface area contributed by atoms with Crippen molar-refractivity contribution in [2.24, 2.45) is 5.92 Å². The number of rotatable bonds is 5. The van der Waals surface area contributed by atoms with Gasteiger partial charge in [0.25, 0.3) is 5.79 Å². The molecule has 0 bridgehead atoms. The standard InChI is InChI=1S/C20H26FNO6/c1-19(2,3)28-18(25)22-14(10-12-6-8-13(21)9-7-12)11-15-16(23)26-20(4,5)27-17(15)24/h6-9,14-15H,10-11H2,1-5H3,(H,22,25). The van der Waals surface area contributed by atoms with E-state index in [1.807, 2.05) is 0 Å². The topological polar surface area (TPSA) is 90.9 Å². The summed E-state index contributed by atoms with van der Waals surface area (Å²) in [6.07, 6.45) is -0.456. The molecule has 8 heteroatoms. The molecule has 1 aliphatic rings. The molecule has 0 aromatic heterocycles. The molecule has 0 spiro atoms. The van der Waals surface area contributed by atoms with Crippen LogP contribution in [-0.4, -0.2) is 35.5 Å². The van der Waals surface area contributed by atoms with Crippen LogP contribution in [-0.2, 0) is 30.2 Å². The first-order valence-corrected chi connectivity index (χ1v) is 9.04. The van der Waals surface area contributed by atoms with Gasteiger partial charge in [-0.25, -0.2) is 9.18 Å². The lowest BCUT2D eigenvalue weighted by atomic mass is 9.94. The van der Waals surface area contributed by atoms with Gasteiger partial charge >= 0.3 is 18.0 Å². The van der Waals surface area contributed by atoms with Crippen molar-refractivity contribution in [1.29, 1.82) is 0 Å². The first-order chi connectivity index (χ1) is 12.8. The van der Waals surface area contributed by atoms with Crippen molar-refractivity contribution in [1.82, 2.24) is 5.32 Å². The van der Waals surface area contributed by atoms with E-state index in [4.69, 9.17) is 14.2 Å². The highest BCUT2D eigenvalue weighted by Gasteiger charge is 2.44. The van der Waals surface area contributed by atoms with E-state index in [1.165, 1.54) is 26.0 Å². The fourth-order valence-electron chi connectivity index (χ4n) is 2.79. The predicted molar refractivity (Wildman–Crippen MR) is 97.6 cm³/mol. The Morgan fingerprint density at radius 3 is 2.21 bits per heavy atom. The fraction of sp³-hybridized carbons (Fsp3) is 0.550. The van der Waals surface area contributed by atoms with E-state index < -0.39 is 41.4 Å². The second-order valence-corrected chi connectivity index (χ2v) is 8.20. The summed E-state index contributed by atoms with van der Waals surface area (Å²) < 4.78 is 28.7. The summed E-state index contributed by atoms with van der Waals surface area (Å²) in [5.74, 6) is -4.31. The Morgan fingerprint density at radius 1 is 1.18 bits per heavy atom. The van der Waals surface area contributed by atoms with Crippen molar-refractivity contribution in [2.45, 2.75) is 64.9 Å². The summed E-state index contributed by atoms with van der Waals surface area (Å²) in [6.45, 7) is 8.10. The Labute approximate surface area is 163 Å². The van der Waals surface area contributed by atoms with E-state index in [1.54, 1.807) is 32.9 Å². The third-order valence-corrected chi connectivity index (χ3v) is 3.90. The molecule has 1 heterocycles. The number of hydrogen-bond donors (Lipinski definition) is 1. The van der Waals surface area contributed by atoms with Gasteiger partial charge in [0.05, 0.1) is 0 Å². The monoisotopic (exact) mass is 395 g/mol. The number of alkyl carbamates (subject to hydrolysis) is 1. The quantitative estimate of drug-likeness (QED) is 0.609. The normalized spacial score (nSPS) is 18.1. The Hall–Kier alpha value is -2.64. The maximum atomic E-state index is 13.2. The number of hydrogen-bond acceptors (Lipinski definition) is 6. The Morgan fingerprint density at radius 2 is 1.71 bits per heavy atom. The Bertz CT molecular complexity index is 718. The molecule has 1 saturated heterocycles. The highest BCUT2D eigenvalue weighted by Crippen LogP contribution is 2.26. The number of carbonyl (C=O) groups excluding carboxylic acids is 3. The minimum atomic E-state index is -1.32. The lowest BCUT2D eigenvalue weighted by Crippen LogP contribution is -2.49. The Balaban J connectivity index is 2.15. The summed E-state index contributed by atoms with van der Waals surface area (Å²) in [5, 5.41) is 2.68. The van der Waals surface area contributed by atoms with Crippen LogP contribution in [0, 0.1) is 11.7 Å². The van der Waals surface area contributed by atoms with Crippen molar-refractivity contribution in [3.63, 3.8) is 0 Å². The summed E-state index contributed by atoms with van der Waals surface area (Å²) in [6, 6.07) is 5.10. The van der Waals surface area contributed by atoms with Gasteiger partial charge in [0.15, 0.2) is 5.92 Å². The van der Waals surface area contributed by atoms with Crippen molar-refractivity contribution in [2.75, 3.05) is 0 Å². The SMILES string of the molecule is CC(C)(C)OC(=O)NC(Cc1ccc(F)cc1)CC1C(=O)OC(C)(C)OC1=O. The highest BCUT2D eigenvalue weighted by atomic mass is 19.1. The molecule has 0 radical (unpaired) electrons. The summed E-state index contributed by atoms with van der Waals surface area (Å²) in [5.41, 5.74) is 0.0115. The number of nitrogens with one attached hydrogen (secondary N) is 1. The van der Waals surface area contributed by atoms with E-state index in [2.05, 4.69) is 5.32 Å². The molecule has 154 valence electrons. The zero-order valence-corrected chi connectivity index (χ0v) is 16.7. The fourth-order valence-corrected chi connectivity index (χ4v) is 2.79. The second kappa shape index (κ2) is 8.16. The maximum Gasteiger partial charge on any atom is 0.407 e. The first kappa shape index (κ1) is 21.7. The van der Waals surface area contributed by atoms with Gasteiger partial charge in [-0.05, 0) is 51.3 Å². The van der Waals surface area contributed by atoms with Gasteiger partial charge in [0.1, 0.15) is 11.4 Å². The largest absolute Gasteiger partial charge is 0.444 e. The molecule has 28 heavy (non-hydrogen) atoms. The molecule has 1 fully saturated rings. The zero-order chi connectivity index (χ0) is 21.1. The second-order valence-electron chi connectivity index (χ2n) is 8.20. The molecule has 1 N–H and O–H groups in total. The van der Waals surface area contributed by atoms with Crippen LogP contribution in [0.25, 0.3) is 0 Å². The van der Waals surface area contributed by atoms with Crippen molar-refractivity contribution in [3.05, 3.63) is 35.6 Å². The maximum absolute atomic E-state index is 13.2. The van der Waals surface area contributed by atoms with Gasteiger partial charge in [-0.15, -0.1) is 0 Å². The lowest BCUT2D eigenvalue weighted by Gasteiger charge is -2.34. The van der Waals surface area contributed by atoms with Crippen LogP contribution in [0.3, 0.4) is 0 Å². The molecule has 0 aliphatic carbocycles. The van der Waals surface area contributed by atoms with Crippen LogP contribution in [0.4, 0.5) is 9.18 Å². The third kappa shape index (κ3) is 6.51. The average Bonchev–Trinajstić information content (AvgIpc) is 2.50. The van der Waals surface area contributed by atoms with Crippen LogP contribution >= 0.6 is 0 Å². The molecular formula is C20H26FNO6. The summed E-state index contributed by atoms with van der Waals surface area (Å²) >= 11 is 0. The first-order valence-electron chi connectivity index (χ1n) is 9.04. The lowest BCUT2D eigenvalue weighted by molar-refractivity contribution is -0.240. The highest BCUT2D eigenvalue weighted by molar-refractivity contribution is 5.96. The third-order valence-electron chi connectivity index (χ3n) is 3.90. The molecule has 1 atom stereocenters. The summed E-state index contributed by atoms with van der Waals surface area (Å²) in [4.78, 5) is 36.7.